The third kappa shape index (κ3) is 8.78. The van der Waals surface area contributed by atoms with E-state index in [9.17, 15) is 22.8 Å². The lowest BCUT2D eigenvalue weighted by Gasteiger charge is -2.37. The highest BCUT2D eigenvalue weighted by atomic mass is 19.4. The summed E-state index contributed by atoms with van der Waals surface area (Å²) >= 11 is 0. The molecule has 0 bridgehead atoms. The number of rotatable bonds is 12. The molecule has 13 heteroatoms. The van der Waals surface area contributed by atoms with Gasteiger partial charge in [0.15, 0.2) is 6.17 Å². The zero-order valence-electron chi connectivity index (χ0n) is 27.9. The van der Waals surface area contributed by atoms with Crippen molar-refractivity contribution >= 4 is 11.9 Å². The summed E-state index contributed by atoms with van der Waals surface area (Å²) < 4.78 is 89.6. The van der Waals surface area contributed by atoms with Crippen molar-refractivity contribution in [1.29, 1.82) is 0 Å². The van der Waals surface area contributed by atoms with Gasteiger partial charge in [-0.05, 0) is 47.5 Å². The molecule has 1 fully saturated rings. The zero-order chi connectivity index (χ0) is 36.7. The molecule has 4 unspecified atom stereocenters. The maximum atomic E-state index is 16.0. The number of carbonyl (C=O) groups is 2. The molecule has 9 nitrogen and oxygen atoms in total. The number of ether oxygens (including phenoxy) is 5. The molecule has 2 heterocycles. The topological polar surface area (TPSA) is 98.1 Å². The summed E-state index contributed by atoms with van der Waals surface area (Å²) in [5.74, 6) is -1.48. The lowest BCUT2D eigenvalue weighted by atomic mass is 10.0. The Labute approximate surface area is 296 Å². The molecule has 0 saturated carbocycles. The molecular formula is C39H34F4N2O7. The third-order valence-electron chi connectivity index (χ3n) is 8.36. The van der Waals surface area contributed by atoms with Crippen LogP contribution in [0.15, 0.2) is 115 Å². The molecule has 0 N–H and O–H groups in total. The van der Waals surface area contributed by atoms with Gasteiger partial charge in [-0.1, -0.05) is 78.9 Å². The minimum atomic E-state index is -4.86. The first-order valence-electron chi connectivity index (χ1n) is 16.4. The molecule has 6 rings (SSSR count). The fourth-order valence-electron chi connectivity index (χ4n) is 5.79. The first-order valence-corrected chi connectivity index (χ1v) is 16.4. The number of nitrogens with zero attached hydrogens (tertiary/aromatic N) is 2. The van der Waals surface area contributed by atoms with Crippen molar-refractivity contribution in [2.24, 2.45) is 0 Å². The Hall–Kier alpha value is -5.69. The van der Waals surface area contributed by atoms with Gasteiger partial charge in [0.2, 0.25) is 12.2 Å². The molecule has 270 valence electrons. The Morgan fingerprint density at radius 1 is 0.827 bits per heavy atom. The van der Waals surface area contributed by atoms with E-state index in [4.69, 9.17) is 23.7 Å². The number of halogens is 4. The Kier molecular flexibility index (Phi) is 11.2. The van der Waals surface area contributed by atoms with Crippen LogP contribution < -0.4 is 9.47 Å². The monoisotopic (exact) mass is 718 g/mol. The van der Waals surface area contributed by atoms with Crippen molar-refractivity contribution in [2.75, 3.05) is 13.7 Å². The maximum Gasteiger partial charge on any atom is 0.433 e. The van der Waals surface area contributed by atoms with E-state index in [2.05, 4.69) is 5.10 Å². The first kappa shape index (κ1) is 36.1. The summed E-state index contributed by atoms with van der Waals surface area (Å²) in [6.07, 6.45) is -12.0. The van der Waals surface area contributed by atoms with Gasteiger partial charge in [0.25, 0.3) is 0 Å². The first-order chi connectivity index (χ1) is 25.1. The smallest absolute Gasteiger partial charge is 0.433 e. The van der Waals surface area contributed by atoms with Crippen molar-refractivity contribution < 1.29 is 50.8 Å². The quantitative estimate of drug-likeness (QED) is 0.0969. The van der Waals surface area contributed by atoms with E-state index in [0.717, 1.165) is 4.68 Å². The van der Waals surface area contributed by atoms with Gasteiger partial charge >= 0.3 is 18.1 Å². The summed E-state index contributed by atoms with van der Waals surface area (Å²) in [4.78, 5) is 25.7. The van der Waals surface area contributed by atoms with Crippen LogP contribution in [-0.2, 0) is 33.4 Å². The van der Waals surface area contributed by atoms with Crippen LogP contribution in [-0.4, -0.2) is 60.1 Å². The Balaban J connectivity index is 1.33. The van der Waals surface area contributed by atoms with Crippen molar-refractivity contribution in [3.63, 3.8) is 0 Å². The molecule has 52 heavy (non-hydrogen) atoms. The predicted octanol–water partition coefficient (Wildman–Crippen LogP) is 7.46. The molecule has 0 spiro atoms. The lowest BCUT2D eigenvalue weighted by molar-refractivity contribution is -0.215. The van der Waals surface area contributed by atoms with Gasteiger partial charge in [-0.25, -0.2) is 14.0 Å². The van der Waals surface area contributed by atoms with E-state index in [0.29, 0.717) is 16.9 Å². The van der Waals surface area contributed by atoms with Crippen LogP contribution in [0, 0.1) is 0 Å². The molecule has 0 radical (unpaired) electrons. The van der Waals surface area contributed by atoms with Gasteiger partial charge in [-0.15, -0.1) is 5.10 Å². The van der Waals surface area contributed by atoms with Crippen LogP contribution in [0.3, 0.4) is 0 Å². The molecule has 0 aliphatic carbocycles. The van der Waals surface area contributed by atoms with Crippen molar-refractivity contribution in [1.82, 2.24) is 9.78 Å². The van der Waals surface area contributed by atoms with Crippen LogP contribution in [0.1, 0.15) is 49.5 Å². The number of benzene rings is 4. The van der Waals surface area contributed by atoms with Crippen LogP contribution in [0.25, 0.3) is 0 Å². The van der Waals surface area contributed by atoms with Crippen LogP contribution >= 0.6 is 0 Å². The lowest BCUT2D eigenvalue weighted by Crippen LogP contribution is -2.51. The molecule has 1 aliphatic heterocycles. The fourth-order valence-corrected chi connectivity index (χ4v) is 5.79. The number of hydrogen-bond donors (Lipinski definition) is 0. The van der Waals surface area contributed by atoms with Gasteiger partial charge < -0.3 is 23.7 Å². The van der Waals surface area contributed by atoms with Crippen LogP contribution in [0.4, 0.5) is 17.6 Å². The van der Waals surface area contributed by atoms with E-state index < -0.39 is 67.4 Å². The van der Waals surface area contributed by atoms with E-state index in [1.165, 1.54) is 31.4 Å². The molecule has 4 aromatic carbocycles. The molecular weight excluding hydrogens is 684 g/mol. The number of hydrogen-bond acceptors (Lipinski definition) is 8. The standard InChI is InChI=1S/C39H34F4N2O7/c1-48-29-19-17-25(18-20-29)21-30-35(39(41,42)43)45(23-26-11-5-2-6-12-26)44-36(30)52-33-22-31(51-38(47)28-15-9-4-10-16-28)34(40)32(50-33)24-49-37(46)27-13-7-3-8-14-27/h2-20,31-34H,21-24H2,1H3. The second-order valence-corrected chi connectivity index (χ2v) is 12.0. The third-order valence-corrected chi connectivity index (χ3v) is 8.36. The summed E-state index contributed by atoms with van der Waals surface area (Å²) in [6.45, 7) is -0.842. The summed E-state index contributed by atoms with van der Waals surface area (Å²) in [5, 5.41) is 4.27. The largest absolute Gasteiger partial charge is 0.497 e. The summed E-state index contributed by atoms with van der Waals surface area (Å²) in [6, 6.07) is 30.9. The van der Waals surface area contributed by atoms with Gasteiger partial charge in [0.1, 0.15) is 30.3 Å². The molecule has 5 aromatic rings. The van der Waals surface area contributed by atoms with E-state index in [1.54, 1.807) is 91.0 Å². The predicted molar refractivity (Wildman–Crippen MR) is 180 cm³/mol. The highest BCUT2D eigenvalue weighted by Crippen LogP contribution is 2.39. The second kappa shape index (κ2) is 16.1. The van der Waals surface area contributed by atoms with E-state index in [1.807, 2.05) is 0 Å². The number of carbonyl (C=O) groups excluding carboxylic acids is 2. The normalized spacial score (nSPS) is 18.7. The van der Waals surface area contributed by atoms with Crippen molar-refractivity contribution in [2.45, 2.75) is 50.2 Å². The second-order valence-electron chi connectivity index (χ2n) is 12.0. The highest BCUT2D eigenvalue weighted by Gasteiger charge is 2.45. The molecule has 1 saturated heterocycles. The van der Waals surface area contributed by atoms with Crippen LogP contribution in [0.5, 0.6) is 11.6 Å². The fraction of sp³-hybridized carbons (Fsp3) is 0.256. The summed E-state index contributed by atoms with van der Waals surface area (Å²) in [7, 11) is 1.47. The molecule has 0 amide bonds. The van der Waals surface area contributed by atoms with Gasteiger partial charge in [-0.3, -0.25) is 4.68 Å². The minimum absolute atomic E-state index is 0.155. The number of esters is 2. The minimum Gasteiger partial charge on any atom is -0.497 e. The average Bonchev–Trinajstić information content (AvgIpc) is 3.49. The molecule has 4 atom stereocenters. The van der Waals surface area contributed by atoms with Gasteiger partial charge in [0, 0.05) is 6.42 Å². The Morgan fingerprint density at radius 2 is 1.42 bits per heavy atom. The zero-order valence-corrected chi connectivity index (χ0v) is 27.9. The SMILES string of the molecule is COc1ccc(Cc2c(OC3CC(OC(=O)c4ccccc4)C(F)C(COC(=O)c4ccccc4)O3)nn(Cc3ccccc3)c2C(F)(F)F)cc1. The van der Waals surface area contributed by atoms with Crippen LogP contribution in [0.2, 0.25) is 0 Å². The van der Waals surface area contributed by atoms with Gasteiger partial charge in [0.05, 0.1) is 36.8 Å². The summed E-state index contributed by atoms with van der Waals surface area (Å²) in [5.41, 5.74) is 0.0955. The number of aromatic nitrogens is 2. The van der Waals surface area contributed by atoms with Crippen molar-refractivity contribution in [3.8, 4) is 11.6 Å². The Bertz CT molecular complexity index is 1940. The Morgan fingerprint density at radius 3 is 2.02 bits per heavy atom. The maximum absolute atomic E-state index is 16.0. The number of methoxy groups -OCH3 is 1. The highest BCUT2D eigenvalue weighted by molar-refractivity contribution is 5.89. The van der Waals surface area contributed by atoms with E-state index in [-0.39, 0.29) is 29.7 Å². The molecule has 1 aliphatic rings. The van der Waals surface area contributed by atoms with Crippen molar-refractivity contribution in [3.05, 3.63) is 149 Å². The average molecular weight is 719 g/mol. The number of alkyl halides is 4. The van der Waals surface area contributed by atoms with E-state index >= 15 is 4.39 Å². The molecule has 1 aromatic heterocycles. The van der Waals surface area contributed by atoms with Gasteiger partial charge in [-0.2, -0.15) is 13.2 Å².